The van der Waals surface area contributed by atoms with E-state index in [-0.39, 0.29) is 5.63 Å². The molecular weight excluding hydrogens is 268 g/mol. The van der Waals surface area contributed by atoms with Crippen molar-refractivity contribution in [2.45, 2.75) is 6.61 Å². The van der Waals surface area contributed by atoms with E-state index in [1.54, 1.807) is 13.2 Å². The van der Waals surface area contributed by atoms with Gasteiger partial charge in [0.05, 0.1) is 12.5 Å². The lowest BCUT2D eigenvalue weighted by Gasteiger charge is -2.21. The monoisotopic (exact) mass is 280 g/mol. The zero-order chi connectivity index (χ0) is 14.4. The standard InChI is InChI=1S/C17H12O4/c1-19-11-6-7-12-10(8-11)9-20-16-13-4-2-3-5-14(13)21-17(18)15(12)16/h2-8H,9H2,1H3. The summed E-state index contributed by atoms with van der Waals surface area (Å²) >= 11 is 0. The largest absolute Gasteiger partial charge is 0.497 e. The third-order valence-corrected chi connectivity index (χ3v) is 3.72. The lowest BCUT2D eigenvalue weighted by atomic mass is 9.97. The first-order valence-electron chi connectivity index (χ1n) is 6.64. The molecule has 0 saturated carbocycles. The highest BCUT2D eigenvalue weighted by molar-refractivity contribution is 5.92. The SMILES string of the molecule is COc1ccc2c(c1)COc1c-2c(=O)oc2ccccc12. The summed E-state index contributed by atoms with van der Waals surface area (Å²) in [5, 5.41) is 0.813. The highest BCUT2D eigenvalue weighted by Gasteiger charge is 2.24. The van der Waals surface area contributed by atoms with Gasteiger partial charge in [-0.3, -0.25) is 0 Å². The molecule has 0 spiro atoms. The quantitative estimate of drug-likeness (QED) is 0.641. The Labute approximate surface area is 120 Å². The number of para-hydroxylation sites is 1. The molecule has 0 unspecified atom stereocenters. The molecule has 0 amide bonds. The average molecular weight is 280 g/mol. The van der Waals surface area contributed by atoms with Gasteiger partial charge in [0.25, 0.3) is 0 Å². The minimum absolute atomic E-state index is 0.380. The highest BCUT2D eigenvalue weighted by atomic mass is 16.5. The van der Waals surface area contributed by atoms with Crippen LogP contribution in [0.1, 0.15) is 5.56 Å². The number of ether oxygens (including phenoxy) is 2. The smallest absolute Gasteiger partial charge is 0.348 e. The lowest BCUT2D eigenvalue weighted by Crippen LogP contribution is -2.14. The maximum absolute atomic E-state index is 12.3. The van der Waals surface area contributed by atoms with Gasteiger partial charge < -0.3 is 13.9 Å². The second-order valence-electron chi connectivity index (χ2n) is 4.90. The lowest BCUT2D eigenvalue weighted by molar-refractivity contribution is 0.302. The molecule has 0 bridgehead atoms. The van der Waals surface area contributed by atoms with E-state index in [1.165, 1.54) is 0 Å². The molecule has 0 aliphatic carbocycles. The van der Waals surface area contributed by atoms with Crippen molar-refractivity contribution < 1.29 is 13.9 Å². The Morgan fingerprint density at radius 1 is 1.14 bits per heavy atom. The Kier molecular flexibility index (Phi) is 2.51. The van der Waals surface area contributed by atoms with Crippen molar-refractivity contribution >= 4 is 11.0 Å². The molecule has 4 rings (SSSR count). The third-order valence-electron chi connectivity index (χ3n) is 3.72. The summed E-state index contributed by atoms with van der Waals surface area (Å²) in [7, 11) is 1.61. The average Bonchev–Trinajstić information content (AvgIpc) is 2.53. The molecule has 1 aliphatic heterocycles. The van der Waals surface area contributed by atoms with E-state index in [4.69, 9.17) is 13.9 Å². The van der Waals surface area contributed by atoms with Gasteiger partial charge in [0, 0.05) is 5.56 Å². The summed E-state index contributed by atoms with van der Waals surface area (Å²) in [6.45, 7) is 0.410. The van der Waals surface area contributed by atoms with Crippen LogP contribution in [-0.2, 0) is 6.61 Å². The minimum Gasteiger partial charge on any atom is -0.497 e. The van der Waals surface area contributed by atoms with Crippen LogP contribution in [-0.4, -0.2) is 7.11 Å². The maximum Gasteiger partial charge on any atom is 0.348 e. The van der Waals surface area contributed by atoms with Crippen molar-refractivity contribution in [1.29, 1.82) is 0 Å². The number of fused-ring (bicyclic) bond motifs is 5. The van der Waals surface area contributed by atoms with Gasteiger partial charge in [0.15, 0.2) is 0 Å². The van der Waals surface area contributed by atoms with Crippen LogP contribution >= 0.6 is 0 Å². The Morgan fingerprint density at radius 3 is 2.86 bits per heavy atom. The van der Waals surface area contributed by atoms with E-state index >= 15 is 0 Å². The van der Waals surface area contributed by atoms with Crippen LogP contribution < -0.4 is 15.1 Å². The van der Waals surface area contributed by atoms with E-state index in [0.29, 0.717) is 23.5 Å². The zero-order valence-corrected chi connectivity index (χ0v) is 11.4. The Morgan fingerprint density at radius 2 is 2.00 bits per heavy atom. The second-order valence-corrected chi connectivity index (χ2v) is 4.90. The molecule has 0 radical (unpaired) electrons. The fraction of sp³-hybridized carbons (Fsp3) is 0.118. The van der Waals surface area contributed by atoms with Gasteiger partial charge >= 0.3 is 5.63 Å². The second kappa shape index (κ2) is 4.38. The zero-order valence-electron chi connectivity index (χ0n) is 11.4. The number of hydrogen-bond donors (Lipinski definition) is 0. The molecule has 21 heavy (non-hydrogen) atoms. The maximum atomic E-state index is 12.3. The van der Waals surface area contributed by atoms with Crippen LogP contribution in [0.4, 0.5) is 0 Å². The third kappa shape index (κ3) is 1.72. The van der Waals surface area contributed by atoms with Crippen molar-refractivity contribution in [3.63, 3.8) is 0 Å². The van der Waals surface area contributed by atoms with Gasteiger partial charge in [-0.05, 0) is 35.9 Å². The summed E-state index contributed by atoms with van der Waals surface area (Å²) in [5.74, 6) is 1.34. The van der Waals surface area contributed by atoms with Crippen molar-refractivity contribution in [1.82, 2.24) is 0 Å². The van der Waals surface area contributed by atoms with Crippen LogP contribution in [0.15, 0.2) is 51.7 Å². The van der Waals surface area contributed by atoms with Crippen LogP contribution in [0.2, 0.25) is 0 Å². The summed E-state index contributed by atoms with van der Waals surface area (Å²) in [6.07, 6.45) is 0. The van der Waals surface area contributed by atoms with Gasteiger partial charge in [0.1, 0.15) is 29.3 Å². The van der Waals surface area contributed by atoms with Gasteiger partial charge in [-0.1, -0.05) is 12.1 Å². The molecule has 4 heteroatoms. The van der Waals surface area contributed by atoms with Crippen molar-refractivity contribution in [2.75, 3.05) is 7.11 Å². The van der Waals surface area contributed by atoms with Crippen LogP contribution in [0.25, 0.3) is 22.1 Å². The summed E-state index contributed by atoms with van der Waals surface area (Å²) in [4.78, 5) is 12.3. The molecule has 4 nitrogen and oxygen atoms in total. The van der Waals surface area contributed by atoms with E-state index < -0.39 is 0 Å². The van der Waals surface area contributed by atoms with Gasteiger partial charge in [-0.15, -0.1) is 0 Å². The molecule has 0 atom stereocenters. The number of methoxy groups -OCH3 is 1. The molecular formula is C17H12O4. The number of rotatable bonds is 1. The van der Waals surface area contributed by atoms with Crippen LogP contribution in [0, 0.1) is 0 Å². The van der Waals surface area contributed by atoms with E-state index in [0.717, 1.165) is 22.3 Å². The van der Waals surface area contributed by atoms with Gasteiger partial charge in [-0.25, -0.2) is 4.79 Å². The first kappa shape index (κ1) is 12.0. The van der Waals surface area contributed by atoms with E-state index in [9.17, 15) is 4.79 Å². The van der Waals surface area contributed by atoms with Crippen molar-refractivity contribution in [3.8, 4) is 22.6 Å². The first-order valence-corrected chi connectivity index (χ1v) is 6.64. The van der Waals surface area contributed by atoms with Gasteiger partial charge in [0.2, 0.25) is 0 Å². The minimum atomic E-state index is -0.380. The summed E-state index contributed by atoms with van der Waals surface area (Å²) in [5.41, 5.74) is 2.41. The molecule has 0 N–H and O–H groups in total. The summed E-state index contributed by atoms with van der Waals surface area (Å²) in [6, 6.07) is 13.0. The van der Waals surface area contributed by atoms with E-state index in [2.05, 4.69) is 0 Å². The molecule has 2 heterocycles. The predicted octanol–water partition coefficient (Wildman–Crippen LogP) is 3.36. The van der Waals surface area contributed by atoms with E-state index in [1.807, 2.05) is 36.4 Å². The van der Waals surface area contributed by atoms with Crippen LogP contribution in [0.3, 0.4) is 0 Å². The predicted molar refractivity (Wildman–Crippen MR) is 78.8 cm³/mol. The first-order chi connectivity index (χ1) is 10.3. The normalized spacial score (nSPS) is 12.4. The molecule has 2 aromatic carbocycles. The van der Waals surface area contributed by atoms with Gasteiger partial charge in [-0.2, -0.15) is 0 Å². The topological polar surface area (TPSA) is 48.7 Å². The molecule has 0 saturated heterocycles. The Hall–Kier alpha value is -2.75. The molecule has 104 valence electrons. The van der Waals surface area contributed by atoms with Crippen molar-refractivity contribution in [3.05, 3.63) is 58.4 Å². The number of hydrogen-bond acceptors (Lipinski definition) is 4. The molecule has 1 aromatic heterocycles. The molecule has 1 aliphatic rings. The number of benzene rings is 2. The summed E-state index contributed by atoms with van der Waals surface area (Å²) < 4.78 is 16.4. The fourth-order valence-corrected chi connectivity index (χ4v) is 2.71. The molecule has 3 aromatic rings. The molecule has 0 fully saturated rings. The fourth-order valence-electron chi connectivity index (χ4n) is 2.71. The van der Waals surface area contributed by atoms with Crippen LogP contribution in [0.5, 0.6) is 11.5 Å². The Bertz CT molecular complexity index is 908. The van der Waals surface area contributed by atoms with Crippen molar-refractivity contribution in [2.24, 2.45) is 0 Å². The highest BCUT2D eigenvalue weighted by Crippen LogP contribution is 2.40. The Balaban J connectivity index is 2.07.